The molecule has 2 rings (SSSR count). The fraction of sp³-hybridized carbons (Fsp3) is 0.235. The van der Waals surface area contributed by atoms with Crippen LogP contribution in [0.25, 0.3) is 0 Å². The van der Waals surface area contributed by atoms with E-state index in [0.717, 1.165) is 16.8 Å². The van der Waals surface area contributed by atoms with Crippen molar-refractivity contribution in [3.8, 4) is 0 Å². The van der Waals surface area contributed by atoms with Crippen LogP contribution in [0.5, 0.6) is 0 Å². The Morgan fingerprint density at radius 3 is 2.33 bits per heavy atom. The van der Waals surface area contributed by atoms with Crippen molar-refractivity contribution in [3.63, 3.8) is 0 Å². The number of nitrogens with one attached hydrogen (secondary N) is 2. The van der Waals surface area contributed by atoms with Crippen molar-refractivity contribution in [3.05, 3.63) is 65.5 Å². The van der Waals surface area contributed by atoms with Gasteiger partial charge in [0.15, 0.2) is 0 Å². The second-order valence-electron chi connectivity index (χ2n) is 5.07. The minimum Gasteiger partial charge on any atom is -0.325 e. The lowest BCUT2D eigenvalue weighted by atomic mass is 10.1. The summed E-state index contributed by atoms with van der Waals surface area (Å²) in [4.78, 5) is 11.9. The third kappa shape index (κ3) is 4.68. The number of halogens is 1. The van der Waals surface area contributed by atoms with Gasteiger partial charge in [-0.1, -0.05) is 29.8 Å². The van der Waals surface area contributed by atoms with E-state index in [4.69, 9.17) is 0 Å². The first-order valence-corrected chi connectivity index (χ1v) is 6.90. The zero-order valence-electron chi connectivity index (χ0n) is 12.2. The molecule has 3 nitrogen and oxygen atoms in total. The molecule has 2 N–H and O–H groups in total. The summed E-state index contributed by atoms with van der Waals surface area (Å²) in [6, 6.07) is 13.9. The van der Waals surface area contributed by atoms with E-state index in [2.05, 4.69) is 10.6 Å². The van der Waals surface area contributed by atoms with Crippen molar-refractivity contribution < 1.29 is 9.18 Å². The SMILES string of the molecule is Cc1ccc(NC(=O)CN[C@@H](C)c2ccc(F)cc2)cc1. The molecule has 0 bridgehead atoms. The van der Waals surface area contributed by atoms with Gasteiger partial charge in [0.1, 0.15) is 5.82 Å². The van der Waals surface area contributed by atoms with Crippen LogP contribution >= 0.6 is 0 Å². The normalized spacial score (nSPS) is 12.0. The number of rotatable bonds is 5. The van der Waals surface area contributed by atoms with E-state index in [1.165, 1.54) is 12.1 Å². The summed E-state index contributed by atoms with van der Waals surface area (Å²) in [5.41, 5.74) is 2.87. The number of aryl methyl sites for hydroxylation is 1. The molecule has 1 atom stereocenters. The van der Waals surface area contributed by atoms with Crippen LogP contribution in [0.4, 0.5) is 10.1 Å². The van der Waals surface area contributed by atoms with E-state index in [1.807, 2.05) is 38.1 Å². The molecular weight excluding hydrogens is 267 g/mol. The van der Waals surface area contributed by atoms with Crippen LogP contribution in [0.2, 0.25) is 0 Å². The van der Waals surface area contributed by atoms with Gasteiger partial charge < -0.3 is 10.6 Å². The maximum Gasteiger partial charge on any atom is 0.238 e. The lowest BCUT2D eigenvalue weighted by Crippen LogP contribution is -2.30. The molecule has 110 valence electrons. The Kier molecular flexibility index (Phi) is 5.06. The minimum atomic E-state index is -0.261. The van der Waals surface area contributed by atoms with Crippen molar-refractivity contribution in [1.29, 1.82) is 0 Å². The van der Waals surface area contributed by atoms with Crippen LogP contribution in [-0.4, -0.2) is 12.5 Å². The number of carbonyl (C=O) groups excluding carboxylic acids is 1. The van der Waals surface area contributed by atoms with Gasteiger partial charge >= 0.3 is 0 Å². The van der Waals surface area contributed by atoms with E-state index >= 15 is 0 Å². The lowest BCUT2D eigenvalue weighted by molar-refractivity contribution is -0.115. The van der Waals surface area contributed by atoms with E-state index < -0.39 is 0 Å². The fourth-order valence-electron chi connectivity index (χ4n) is 1.96. The first-order chi connectivity index (χ1) is 10.0. The summed E-state index contributed by atoms with van der Waals surface area (Å²) in [6.07, 6.45) is 0. The van der Waals surface area contributed by atoms with Crippen molar-refractivity contribution >= 4 is 11.6 Å². The smallest absolute Gasteiger partial charge is 0.238 e. The average molecular weight is 286 g/mol. The zero-order valence-corrected chi connectivity index (χ0v) is 12.2. The summed E-state index contributed by atoms with van der Waals surface area (Å²) in [7, 11) is 0. The fourth-order valence-corrected chi connectivity index (χ4v) is 1.96. The molecule has 0 aliphatic carbocycles. The zero-order chi connectivity index (χ0) is 15.2. The van der Waals surface area contributed by atoms with Crippen LogP contribution in [0.3, 0.4) is 0 Å². The van der Waals surface area contributed by atoms with Gasteiger partial charge in [-0.2, -0.15) is 0 Å². The molecule has 0 spiro atoms. The molecule has 0 fully saturated rings. The van der Waals surface area contributed by atoms with Crippen molar-refractivity contribution in [2.24, 2.45) is 0 Å². The van der Waals surface area contributed by atoms with Gasteiger partial charge in [0.2, 0.25) is 5.91 Å². The summed E-state index contributed by atoms with van der Waals surface area (Å²) >= 11 is 0. The summed E-state index contributed by atoms with van der Waals surface area (Å²) in [5, 5.41) is 5.94. The Hall–Kier alpha value is -2.20. The third-order valence-corrected chi connectivity index (χ3v) is 3.27. The van der Waals surface area contributed by atoms with Gasteiger partial charge in [-0.15, -0.1) is 0 Å². The summed E-state index contributed by atoms with van der Waals surface area (Å²) in [6.45, 7) is 4.14. The summed E-state index contributed by atoms with van der Waals surface area (Å²) < 4.78 is 12.9. The maximum atomic E-state index is 12.9. The van der Waals surface area contributed by atoms with E-state index in [1.54, 1.807) is 12.1 Å². The highest BCUT2D eigenvalue weighted by Gasteiger charge is 2.08. The van der Waals surface area contributed by atoms with Crippen LogP contribution in [0, 0.1) is 12.7 Å². The highest BCUT2D eigenvalue weighted by Crippen LogP contribution is 2.12. The molecule has 1 amide bonds. The number of anilines is 1. The molecular formula is C17H19FN2O. The monoisotopic (exact) mass is 286 g/mol. The lowest BCUT2D eigenvalue weighted by Gasteiger charge is -2.14. The Morgan fingerprint density at radius 2 is 1.71 bits per heavy atom. The van der Waals surface area contributed by atoms with Gasteiger partial charge in [0.05, 0.1) is 6.54 Å². The Balaban J connectivity index is 1.83. The number of amides is 1. The molecule has 0 saturated carbocycles. The van der Waals surface area contributed by atoms with Crippen LogP contribution in [0.1, 0.15) is 24.1 Å². The van der Waals surface area contributed by atoms with E-state index in [-0.39, 0.29) is 24.3 Å². The van der Waals surface area contributed by atoms with Gasteiger partial charge in [0, 0.05) is 11.7 Å². The quantitative estimate of drug-likeness (QED) is 0.884. The largest absolute Gasteiger partial charge is 0.325 e. The van der Waals surface area contributed by atoms with Crippen LogP contribution < -0.4 is 10.6 Å². The molecule has 2 aromatic rings. The van der Waals surface area contributed by atoms with Crippen molar-refractivity contribution in [1.82, 2.24) is 5.32 Å². The van der Waals surface area contributed by atoms with E-state index in [9.17, 15) is 9.18 Å². The third-order valence-electron chi connectivity index (χ3n) is 3.27. The van der Waals surface area contributed by atoms with Gasteiger partial charge in [-0.05, 0) is 43.7 Å². The second kappa shape index (κ2) is 6.99. The molecule has 0 radical (unpaired) electrons. The number of carbonyl (C=O) groups is 1. The molecule has 0 saturated heterocycles. The van der Waals surface area contributed by atoms with Crippen LogP contribution in [0.15, 0.2) is 48.5 Å². The van der Waals surface area contributed by atoms with E-state index in [0.29, 0.717) is 0 Å². The Bertz CT molecular complexity index is 593. The average Bonchev–Trinajstić information content (AvgIpc) is 2.48. The highest BCUT2D eigenvalue weighted by atomic mass is 19.1. The maximum absolute atomic E-state index is 12.9. The predicted molar refractivity (Wildman–Crippen MR) is 82.6 cm³/mol. The number of hydrogen-bond acceptors (Lipinski definition) is 2. The van der Waals surface area contributed by atoms with Gasteiger partial charge in [-0.25, -0.2) is 4.39 Å². The first-order valence-electron chi connectivity index (χ1n) is 6.90. The van der Waals surface area contributed by atoms with Crippen LogP contribution in [-0.2, 0) is 4.79 Å². The number of hydrogen-bond donors (Lipinski definition) is 2. The molecule has 2 aromatic carbocycles. The molecule has 0 unspecified atom stereocenters. The second-order valence-corrected chi connectivity index (χ2v) is 5.07. The molecule has 21 heavy (non-hydrogen) atoms. The Labute approximate surface area is 124 Å². The molecule has 4 heteroatoms. The molecule has 0 aromatic heterocycles. The van der Waals surface area contributed by atoms with Gasteiger partial charge in [0.25, 0.3) is 0 Å². The highest BCUT2D eigenvalue weighted by molar-refractivity contribution is 5.92. The first kappa shape index (κ1) is 15.2. The topological polar surface area (TPSA) is 41.1 Å². The standard InChI is InChI=1S/C17H19FN2O/c1-12-3-9-16(10-4-12)20-17(21)11-19-13(2)14-5-7-15(18)8-6-14/h3-10,13,19H,11H2,1-2H3,(H,20,21)/t13-/m0/s1. The van der Waals surface area contributed by atoms with Crippen molar-refractivity contribution in [2.45, 2.75) is 19.9 Å². The number of benzene rings is 2. The van der Waals surface area contributed by atoms with Gasteiger partial charge in [-0.3, -0.25) is 4.79 Å². The minimum absolute atomic E-state index is 0.0191. The molecule has 0 aliphatic heterocycles. The molecule has 0 aliphatic rings. The summed E-state index contributed by atoms with van der Waals surface area (Å²) in [5.74, 6) is -0.365. The predicted octanol–water partition coefficient (Wildman–Crippen LogP) is 3.42. The molecule has 0 heterocycles. The van der Waals surface area contributed by atoms with Crippen molar-refractivity contribution in [2.75, 3.05) is 11.9 Å². The Morgan fingerprint density at radius 1 is 1.10 bits per heavy atom.